The van der Waals surface area contributed by atoms with Gasteiger partial charge in [-0.05, 0) is 100 Å². The van der Waals surface area contributed by atoms with E-state index in [0.717, 1.165) is 48.1 Å². The Labute approximate surface area is 277 Å². The zero-order chi connectivity index (χ0) is 33.2. The molecule has 2 aromatic heterocycles. The predicted octanol–water partition coefficient (Wildman–Crippen LogP) is 3.44. The molecule has 6 N–H and O–H groups in total. The summed E-state index contributed by atoms with van der Waals surface area (Å²) >= 11 is 0. The number of hydrogen-bond donors (Lipinski definition) is 6. The van der Waals surface area contributed by atoms with Crippen molar-refractivity contribution in [1.82, 2.24) is 31.0 Å². The first kappa shape index (κ1) is 31.5. The molecule has 6 bridgehead atoms. The lowest BCUT2D eigenvalue weighted by Crippen LogP contribution is -2.56. The quantitative estimate of drug-likeness (QED) is 0.228. The Morgan fingerprint density at radius 2 is 1.96 bits per heavy atom. The maximum atomic E-state index is 17.2. The molecule has 3 fully saturated rings. The highest BCUT2D eigenvalue weighted by molar-refractivity contribution is 5.93. The molecule has 6 aliphatic rings. The molecular formula is C34H42F2N8O4. The zero-order valence-corrected chi connectivity index (χ0v) is 27.0. The number of anilines is 2. The summed E-state index contributed by atoms with van der Waals surface area (Å²) in [5.41, 5.74) is 8.28. The van der Waals surface area contributed by atoms with Crippen molar-refractivity contribution in [3.05, 3.63) is 34.8 Å². The number of amides is 1. The Bertz CT molecular complexity index is 1770. The smallest absolute Gasteiger partial charge is 0.360 e. The largest absolute Gasteiger partial charge is 0.403 e. The number of ether oxygens (including phenoxy) is 1. The highest BCUT2D eigenvalue weighted by Gasteiger charge is 2.53. The van der Waals surface area contributed by atoms with E-state index in [4.69, 9.17) is 9.72 Å². The van der Waals surface area contributed by atoms with Crippen molar-refractivity contribution in [2.24, 2.45) is 5.92 Å². The molecule has 3 unspecified atom stereocenters. The molecule has 1 aromatic carbocycles. The number of piperidine rings is 1. The number of hydrogen-bond acceptors (Lipinski definition) is 11. The lowest BCUT2D eigenvalue weighted by Gasteiger charge is -2.37. The minimum Gasteiger partial charge on any atom is -0.403 e. The summed E-state index contributed by atoms with van der Waals surface area (Å²) < 4.78 is 39.0. The van der Waals surface area contributed by atoms with E-state index >= 15 is 8.78 Å². The number of aryl methyl sites for hydroxylation is 1. The number of pyridine rings is 1. The second-order valence-corrected chi connectivity index (χ2v) is 14.1. The molecule has 9 rings (SSSR count). The van der Waals surface area contributed by atoms with Crippen LogP contribution in [0.4, 0.5) is 20.3 Å². The number of carbonyl (C=O) groups is 1. The monoisotopic (exact) mass is 664 g/mol. The van der Waals surface area contributed by atoms with Crippen molar-refractivity contribution in [3.63, 3.8) is 0 Å². The van der Waals surface area contributed by atoms with Gasteiger partial charge in [0.15, 0.2) is 5.82 Å². The van der Waals surface area contributed by atoms with E-state index in [0.29, 0.717) is 68.9 Å². The second-order valence-electron chi connectivity index (χ2n) is 14.1. The van der Waals surface area contributed by atoms with Gasteiger partial charge in [-0.1, -0.05) is 0 Å². The number of aliphatic hydroxyl groups is 2. The minimum absolute atomic E-state index is 0.000194. The van der Waals surface area contributed by atoms with Crippen molar-refractivity contribution in [2.45, 2.75) is 94.9 Å². The predicted molar refractivity (Wildman–Crippen MR) is 174 cm³/mol. The average molecular weight is 665 g/mol. The van der Waals surface area contributed by atoms with Crippen LogP contribution in [0.3, 0.4) is 0 Å². The minimum atomic E-state index is -3.26. The summed E-state index contributed by atoms with van der Waals surface area (Å²) in [4.78, 5) is 28.7. The van der Waals surface area contributed by atoms with E-state index < -0.39 is 23.5 Å². The van der Waals surface area contributed by atoms with Crippen LogP contribution in [0, 0.1) is 18.7 Å². The fourth-order valence-electron chi connectivity index (χ4n) is 8.24. The van der Waals surface area contributed by atoms with Crippen LogP contribution in [0.1, 0.15) is 80.4 Å². The normalized spacial score (nSPS) is 25.4. The Morgan fingerprint density at radius 1 is 1.15 bits per heavy atom. The molecule has 5 aliphatic heterocycles. The van der Waals surface area contributed by atoms with E-state index in [2.05, 4.69) is 37.5 Å². The first-order valence-corrected chi connectivity index (χ1v) is 17.2. The Balaban J connectivity index is 1.31. The summed E-state index contributed by atoms with van der Waals surface area (Å²) in [6.07, 6.45) is 5.53. The first-order chi connectivity index (χ1) is 23.1. The number of rotatable bonds is 3. The standard InChI is InChI=1S/C34H42F2N8O4/c1-18-13-24-22(16-39-43-24)27-26(18)21-14-19(21)6-7-25(45)40-20-5-2-12-44(17-20)31-23-15-38-30(27)28(35)29(23)41-32(42-31)48-34(46,47)33(36)8-3-10-37-11-4-9-33/h13,15,19-21,37,39,43,46-47H,2-12,14,16-17H2,1H3,(H,40,45). The third-order valence-electron chi connectivity index (χ3n) is 10.8. The number of carbonyl (C=O) groups excluding carboxylic acids is 1. The fraction of sp³-hybridized carbons (Fsp3) is 0.588. The van der Waals surface area contributed by atoms with Crippen LogP contribution < -0.4 is 31.1 Å². The number of aromatic nitrogens is 3. The molecule has 14 heteroatoms. The Kier molecular flexibility index (Phi) is 7.89. The lowest BCUT2D eigenvalue weighted by molar-refractivity contribution is -0.362. The van der Waals surface area contributed by atoms with Crippen molar-refractivity contribution in [3.8, 4) is 17.3 Å². The van der Waals surface area contributed by atoms with Gasteiger partial charge in [0.25, 0.3) is 0 Å². The van der Waals surface area contributed by atoms with Gasteiger partial charge in [-0.2, -0.15) is 9.97 Å². The Hall–Kier alpha value is -3.72. The van der Waals surface area contributed by atoms with Gasteiger partial charge in [-0.3, -0.25) is 9.78 Å². The molecule has 48 heavy (non-hydrogen) atoms. The summed E-state index contributed by atoms with van der Waals surface area (Å²) in [6, 6.07) is 1.34. The van der Waals surface area contributed by atoms with E-state index in [1.807, 2.05) is 11.8 Å². The summed E-state index contributed by atoms with van der Waals surface area (Å²) in [7, 11) is 0. The Morgan fingerprint density at radius 3 is 2.77 bits per heavy atom. The van der Waals surface area contributed by atoms with Crippen LogP contribution in [0.2, 0.25) is 0 Å². The summed E-state index contributed by atoms with van der Waals surface area (Å²) in [6.45, 7) is 4.47. The third-order valence-corrected chi connectivity index (χ3v) is 10.8. The number of alkyl halides is 1. The number of fused-ring (bicyclic) bond motifs is 5. The van der Waals surface area contributed by atoms with Gasteiger partial charge in [-0.25, -0.2) is 14.2 Å². The second kappa shape index (κ2) is 12.0. The molecule has 0 radical (unpaired) electrons. The van der Waals surface area contributed by atoms with Crippen LogP contribution >= 0.6 is 0 Å². The molecular weight excluding hydrogens is 622 g/mol. The first-order valence-electron chi connectivity index (χ1n) is 17.2. The molecule has 12 nitrogen and oxygen atoms in total. The van der Waals surface area contributed by atoms with Crippen LogP contribution in [-0.4, -0.2) is 74.9 Å². The maximum Gasteiger partial charge on any atom is 0.360 e. The van der Waals surface area contributed by atoms with Crippen molar-refractivity contribution in [2.75, 3.05) is 36.5 Å². The van der Waals surface area contributed by atoms with Crippen LogP contribution in [0.25, 0.3) is 22.2 Å². The van der Waals surface area contributed by atoms with Gasteiger partial charge in [0.1, 0.15) is 17.0 Å². The molecule has 1 saturated carbocycles. The van der Waals surface area contributed by atoms with Crippen molar-refractivity contribution < 1.29 is 28.5 Å². The lowest BCUT2D eigenvalue weighted by atomic mass is 9.88. The summed E-state index contributed by atoms with van der Waals surface area (Å²) in [5.74, 6) is -3.25. The van der Waals surface area contributed by atoms with Crippen molar-refractivity contribution >= 4 is 28.3 Å². The van der Waals surface area contributed by atoms with Crippen LogP contribution in [0.5, 0.6) is 6.01 Å². The average Bonchev–Trinajstić information content (AvgIpc) is 3.66. The zero-order valence-electron chi connectivity index (χ0n) is 27.0. The number of nitrogens with one attached hydrogen (secondary N) is 4. The van der Waals surface area contributed by atoms with Crippen LogP contribution in [-0.2, 0) is 11.3 Å². The molecule has 256 valence electrons. The molecule has 7 heterocycles. The number of hydrazine groups is 1. The molecule has 3 aromatic rings. The topological polar surface area (TPSA) is 157 Å². The highest BCUT2D eigenvalue weighted by atomic mass is 19.1. The molecule has 0 spiro atoms. The maximum absolute atomic E-state index is 17.2. The molecule has 2 saturated heterocycles. The number of benzene rings is 1. The van der Waals surface area contributed by atoms with Gasteiger partial charge >= 0.3 is 12.0 Å². The van der Waals surface area contributed by atoms with Gasteiger partial charge < -0.3 is 35.9 Å². The fourth-order valence-corrected chi connectivity index (χ4v) is 8.24. The van der Waals surface area contributed by atoms with Gasteiger partial charge in [0, 0.05) is 49.4 Å². The van der Waals surface area contributed by atoms with Gasteiger partial charge in [0.2, 0.25) is 11.6 Å². The van der Waals surface area contributed by atoms with Gasteiger partial charge in [0.05, 0.1) is 11.1 Å². The number of nitrogens with zero attached hydrogens (tertiary/aromatic N) is 4. The number of halogens is 2. The molecule has 3 atom stereocenters. The van der Waals surface area contributed by atoms with Crippen LogP contribution in [0.15, 0.2) is 12.3 Å². The van der Waals surface area contributed by atoms with E-state index in [1.54, 1.807) is 6.20 Å². The van der Waals surface area contributed by atoms with Crippen molar-refractivity contribution in [1.29, 1.82) is 0 Å². The van der Waals surface area contributed by atoms with Gasteiger partial charge in [-0.15, -0.1) is 0 Å². The molecule has 1 amide bonds. The van der Waals surface area contributed by atoms with E-state index in [1.165, 1.54) is 0 Å². The third kappa shape index (κ3) is 5.52. The van der Waals surface area contributed by atoms with E-state index in [9.17, 15) is 15.0 Å². The summed E-state index contributed by atoms with van der Waals surface area (Å²) in [5, 5.41) is 28.9. The SMILES string of the molecule is Cc1cc2c(c3c1C1CC1CCC(=O)NC1CCCN(C1)c1nc(OC(O)(O)C4(F)CCCNCCC4)nc4c(F)c-3ncc14)CNN2. The van der Waals surface area contributed by atoms with E-state index in [-0.39, 0.29) is 47.7 Å². The molecule has 1 aliphatic carbocycles. The highest BCUT2D eigenvalue weighted by Crippen LogP contribution is 2.55.